The van der Waals surface area contributed by atoms with Crippen LogP contribution >= 0.6 is 11.6 Å². The van der Waals surface area contributed by atoms with Gasteiger partial charge in [0.1, 0.15) is 5.02 Å². The standard InChI is InChI=1S/C22H18ClN5O4S/c1-2-14-7-3-4-8-17(14)24-21-22(26-19-10-6-5-9-18(19)25-21)27-33(31,32)15-11-12-16(23)20(13-15)28(29)30/h3-13H,2H2,1H3,(H,24,25)(H,26,27). The number of aryl methyl sites for hydroxylation is 1. The first-order valence-corrected chi connectivity index (χ1v) is 11.7. The minimum atomic E-state index is -4.24. The summed E-state index contributed by atoms with van der Waals surface area (Å²) in [7, 11) is -4.24. The van der Waals surface area contributed by atoms with Gasteiger partial charge in [-0.1, -0.05) is 48.9 Å². The topological polar surface area (TPSA) is 127 Å². The van der Waals surface area contributed by atoms with Crippen molar-refractivity contribution in [3.8, 4) is 0 Å². The van der Waals surface area contributed by atoms with E-state index >= 15 is 0 Å². The SMILES string of the molecule is CCc1ccccc1Nc1nc2ccccc2nc1NS(=O)(=O)c1ccc(Cl)c([N+](=O)[O-])c1. The molecular formula is C22H18ClN5O4S. The monoisotopic (exact) mass is 483 g/mol. The van der Waals surface area contributed by atoms with Crippen LogP contribution in [0, 0.1) is 10.1 Å². The van der Waals surface area contributed by atoms with Gasteiger partial charge in [-0.2, -0.15) is 0 Å². The van der Waals surface area contributed by atoms with E-state index in [0.717, 1.165) is 29.8 Å². The van der Waals surface area contributed by atoms with Crippen molar-refractivity contribution in [2.75, 3.05) is 10.0 Å². The van der Waals surface area contributed by atoms with Gasteiger partial charge in [-0.05, 0) is 42.3 Å². The molecule has 2 N–H and O–H groups in total. The van der Waals surface area contributed by atoms with Crippen molar-refractivity contribution in [1.29, 1.82) is 0 Å². The number of nitro groups is 1. The average Bonchev–Trinajstić information content (AvgIpc) is 2.79. The molecule has 1 heterocycles. The van der Waals surface area contributed by atoms with Gasteiger partial charge in [-0.15, -0.1) is 0 Å². The first kappa shape index (κ1) is 22.4. The van der Waals surface area contributed by atoms with Crippen molar-refractivity contribution in [2.45, 2.75) is 18.2 Å². The van der Waals surface area contributed by atoms with Crippen LogP contribution in [-0.4, -0.2) is 23.3 Å². The molecule has 0 unspecified atom stereocenters. The number of nitrogens with one attached hydrogen (secondary N) is 2. The van der Waals surface area contributed by atoms with Gasteiger partial charge in [0, 0.05) is 11.8 Å². The van der Waals surface area contributed by atoms with E-state index in [1.165, 1.54) is 6.07 Å². The first-order chi connectivity index (χ1) is 15.8. The molecule has 0 amide bonds. The molecule has 1 aromatic heterocycles. The molecule has 33 heavy (non-hydrogen) atoms. The maximum absolute atomic E-state index is 13.1. The van der Waals surface area contributed by atoms with E-state index in [4.69, 9.17) is 11.6 Å². The van der Waals surface area contributed by atoms with Gasteiger partial charge in [0.25, 0.3) is 15.7 Å². The fourth-order valence-electron chi connectivity index (χ4n) is 3.22. The molecule has 0 atom stereocenters. The fraction of sp³-hybridized carbons (Fsp3) is 0.0909. The highest BCUT2D eigenvalue weighted by molar-refractivity contribution is 7.92. The number of benzene rings is 3. The van der Waals surface area contributed by atoms with Gasteiger partial charge < -0.3 is 5.32 Å². The fourth-order valence-corrected chi connectivity index (χ4v) is 4.44. The third kappa shape index (κ3) is 4.71. The van der Waals surface area contributed by atoms with Crippen LogP contribution in [0.2, 0.25) is 5.02 Å². The summed E-state index contributed by atoms with van der Waals surface area (Å²) in [5, 5.41) is 14.2. The van der Waals surface area contributed by atoms with Crippen LogP contribution in [0.25, 0.3) is 11.0 Å². The lowest BCUT2D eigenvalue weighted by atomic mass is 10.1. The molecule has 4 aromatic rings. The Morgan fingerprint density at radius 2 is 1.61 bits per heavy atom. The molecule has 0 saturated heterocycles. The van der Waals surface area contributed by atoms with Crippen molar-refractivity contribution < 1.29 is 13.3 Å². The van der Waals surface area contributed by atoms with Gasteiger partial charge in [-0.3, -0.25) is 14.8 Å². The quantitative estimate of drug-likeness (QED) is 0.269. The molecule has 9 nitrogen and oxygen atoms in total. The second kappa shape index (κ2) is 9.00. The maximum Gasteiger partial charge on any atom is 0.289 e. The van der Waals surface area contributed by atoms with E-state index in [1.807, 2.05) is 31.2 Å². The first-order valence-electron chi connectivity index (χ1n) is 9.87. The van der Waals surface area contributed by atoms with E-state index in [0.29, 0.717) is 11.0 Å². The molecule has 11 heteroatoms. The summed E-state index contributed by atoms with van der Waals surface area (Å²) < 4.78 is 28.6. The molecule has 0 aliphatic heterocycles. The average molecular weight is 484 g/mol. The van der Waals surface area contributed by atoms with Crippen molar-refractivity contribution >= 4 is 55.7 Å². The Labute approximate surface area is 194 Å². The number of hydrogen-bond acceptors (Lipinski definition) is 7. The molecular weight excluding hydrogens is 466 g/mol. The Hall–Kier alpha value is -3.76. The second-order valence-electron chi connectivity index (χ2n) is 7.02. The third-order valence-corrected chi connectivity index (χ3v) is 6.53. The third-order valence-electron chi connectivity index (χ3n) is 4.88. The molecule has 4 rings (SSSR count). The summed E-state index contributed by atoms with van der Waals surface area (Å²) in [6.07, 6.45) is 0.750. The smallest absolute Gasteiger partial charge is 0.289 e. The Balaban J connectivity index is 1.80. The largest absolute Gasteiger partial charge is 0.337 e. The number of aromatic nitrogens is 2. The highest BCUT2D eigenvalue weighted by Gasteiger charge is 2.23. The van der Waals surface area contributed by atoms with Gasteiger partial charge >= 0.3 is 0 Å². The summed E-state index contributed by atoms with van der Waals surface area (Å²) >= 11 is 5.82. The zero-order chi connectivity index (χ0) is 23.6. The number of halogens is 1. The number of hydrogen-bond donors (Lipinski definition) is 2. The van der Waals surface area contributed by atoms with Crippen LogP contribution in [0.5, 0.6) is 0 Å². The van der Waals surface area contributed by atoms with Gasteiger partial charge in [0.2, 0.25) is 0 Å². The predicted molar refractivity (Wildman–Crippen MR) is 128 cm³/mol. The van der Waals surface area contributed by atoms with E-state index in [9.17, 15) is 18.5 Å². The number of para-hydroxylation sites is 3. The Morgan fingerprint density at radius 3 is 2.27 bits per heavy atom. The number of rotatable bonds is 7. The lowest BCUT2D eigenvalue weighted by Gasteiger charge is -2.15. The Kier molecular flexibility index (Phi) is 6.12. The van der Waals surface area contributed by atoms with E-state index in [-0.39, 0.29) is 21.6 Å². The number of nitro benzene ring substituents is 1. The number of nitrogens with zero attached hydrogens (tertiary/aromatic N) is 3. The lowest BCUT2D eigenvalue weighted by molar-refractivity contribution is -0.384. The van der Waals surface area contributed by atoms with Crippen LogP contribution in [-0.2, 0) is 16.4 Å². The predicted octanol–water partition coefficient (Wildman–Crippen LogP) is 5.30. The molecule has 168 valence electrons. The van der Waals surface area contributed by atoms with Gasteiger partial charge in [-0.25, -0.2) is 18.4 Å². The minimum absolute atomic E-state index is 0.0443. The minimum Gasteiger partial charge on any atom is -0.337 e. The molecule has 0 fully saturated rings. The zero-order valence-electron chi connectivity index (χ0n) is 17.3. The highest BCUT2D eigenvalue weighted by atomic mass is 35.5. The number of anilines is 3. The lowest BCUT2D eigenvalue weighted by Crippen LogP contribution is -2.16. The molecule has 0 radical (unpaired) electrons. The van der Waals surface area contributed by atoms with Gasteiger partial charge in [0.15, 0.2) is 11.6 Å². The van der Waals surface area contributed by atoms with Crippen LogP contribution in [0.1, 0.15) is 12.5 Å². The summed E-state index contributed by atoms with van der Waals surface area (Å²) in [5.41, 5.74) is 2.30. The van der Waals surface area contributed by atoms with Crippen LogP contribution in [0.3, 0.4) is 0 Å². The molecule has 0 aliphatic rings. The zero-order valence-corrected chi connectivity index (χ0v) is 18.9. The van der Waals surface area contributed by atoms with E-state index < -0.39 is 20.6 Å². The van der Waals surface area contributed by atoms with Crippen LogP contribution in [0.15, 0.2) is 71.6 Å². The highest BCUT2D eigenvalue weighted by Crippen LogP contribution is 2.31. The van der Waals surface area contributed by atoms with Crippen LogP contribution < -0.4 is 10.0 Å². The van der Waals surface area contributed by atoms with Crippen molar-refractivity contribution in [3.05, 3.63) is 87.4 Å². The summed E-state index contributed by atoms with van der Waals surface area (Å²) in [4.78, 5) is 19.1. The normalized spacial score (nSPS) is 11.3. The van der Waals surface area contributed by atoms with Crippen molar-refractivity contribution in [1.82, 2.24) is 9.97 Å². The summed E-state index contributed by atoms with van der Waals surface area (Å²) in [6, 6.07) is 17.9. The molecule has 0 bridgehead atoms. The molecule has 0 aliphatic carbocycles. The molecule has 3 aromatic carbocycles. The van der Waals surface area contributed by atoms with Crippen molar-refractivity contribution in [2.24, 2.45) is 0 Å². The van der Waals surface area contributed by atoms with E-state index in [2.05, 4.69) is 20.0 Å². The Bertz CT molecular complexity index is 1480. The maximum atomic E-state index is 13.1. The van der Waals surface area contributed by atoms with Crippen LogP contribution in [0.4, 0.5) is 23.0 Å². The molecule has 0 saturated carbocycles. The number of sulfonamides is 1. The summed E-state index contributed by atoms with van der Waals surface area (Å²) in [6.45, 7) is 2.00. The van der Waals surface area contributed by atoms with Gasteiger partial charge in [0.05, 0.1) is 20.9 Å². The molecule has 0 spiro atoms. The second-order valence-corrected chi connectivity index (χ2v) is 9.11. The Morgan fingerprint density at radius 1 is 0.970 bits per heavy atom. The summed E-state index contributed by atoms with van der Waals surface area (Å²) in [5.74, 6) is 0.152. The number of fused-ring (bicyclic) bond motifs is 1. The van der Waals surface area contributed by atoms with Crippen molar-refractivity contribution in [3.63, 3.8) is 0 Å². The van der Waals surface area contributed by atoms with E-state index in [1.54, 1.807) is 24.3 Å².